The summed E-state index contributed by atoms with van der Waals surface area (Å²) in [5.74, 6) is -0.839. The summed E-state index contributed by atoms with van der Waals surface area (Å²) < 4.78 is 0. The summed E-state index contributed by atoms with van der Waals surface area (Å²) in [5.41, 5.74) is 1.34. The van der Waals surface area contributed by atoms with E-state index in [1.54, 1.807) is 12.1 Å². The number of carbonyl (C=O) groups is 1. The Morgan fingerprint density at radius 2 is 2.21 bits per heavy atom. The first kappa shape index (κ1) is 9.21. The summed E-state index contributed by atoms with van der Waals surface area (Å²) in [6.07, 6.45) is 2.16. The van der Waals surface area contributed by atoms with E-state index < -0.39 is 5.97 Å². The van der Waals surface area contributed by atoms with E-state index in [2.05, 4.69) is 5.32 Å². The number of benzene rings is 1. The van der Waals surface area contributed by atoms with Crippen LogP contribution in [0, 0.1) is 0 Å². The smallest absolute Gasteiger partial charge is 0.336 e. The van der Waals surface area contributed by atoms with Crippen LogP contribution < -0.4 is 5.32 Å². The predicted octanol–water partition coefficient (Wildman–Crippen LogP) is 1.81. The zero-order valence-electron chi connectivity index (χ0n) is 7.86. The second-order valence-corrected chi connectivity index (χ2v) is 3.54. The van der Waals surface area contributed by atoms with Gasteiger partial charge in [-0.05, 0) is 31.0 Å². The van der Waals surface area contributed by atoms with Crippen molar-refractivity contribution >= 4 is 5.97 Å². The van der Waals surface area contributed by atoms with E-state index in [1.807, 2.05) is 12.1 Å². The number of carboxylic acid groups (broad SMARTS) is 1. The molecule has 1 fully saturated rings. The summed E-state index contributed by atoms with van der Waals surface area (Å²) in [6, 6.07) is 7.44. The Balaban J connectivity index is 2.35. The topological polar surface area (TPSA) is 49.3 Å². The van der Waals surface area contributed by atoms with Crippen LogP contribution in [0.3, 0.4) is 0 Å². The van der Waals surface area contributed by atoms with Crippen LogP contribution >= 0.6 is 0 Å². The van der Waals surface area contributed by atoms with Crippen LogP contribution in [0.1, 0.15) is 34.8 Å². The SMILES string of the molecule is O=C(O)c1ccccc1[C@@H]1CCCN1. The highest BCUT2D eigenvalue weighted by Crippen LogP contribution is 2.25. The van der Waals surface area contributed by atoms with Crippen LogP contribution in [0.25, 0.3) is 0 Å². The minimum absolute atomic E-state index is 0.224. The average Bonchev–Trinajstić information content (AvgIpc) is 2.70. The first-order chi connectivity index (χ1) is 6.79. The van der Waals surface area contributed by atoms with Crippen LogP contribution in [0.15, 0.2) is 24.3 Å². The largest absolute Gasteiger partial charge is 0.478 e. The lowest BCUT2D eigenvalue weighted by Crippen LogP contribution is -2.16. The van der Waals surface area contributed by atoms with Crippen molar-refractivity contribution in [3.8, 4) is 0 Å². The zero-order chi connectivity index (χ0) is 9.97. The summed E-state index contributed by atoms with van der Waals surface area (Å²) in [4.78, 5) is 11.0. The number of hydrogen-bond donors (Lipinski definition) is 2. The van der Waals surface area contributed by atoms with Gasteiger partial charge in [-0.3, -0.25) is 0 Å². The second-order valence-electron chi connectivity index (χ2n) is 3.54. The van der Waals surface area contributed by atoms with Gasteiger partial charge in [0.2, 0.25) is 0 Å². The maximum absolute atomic E-state index is 11.0. The van der Waals surface area contributed by atoms with E-state index in [0.29, 0.717) is 5.56 Å². The molecule has 1 aliphatic heterocycles. The molecule has 2 N–H and O–H groups in total. The molecule has 1 aromatic carbocycles. The van der Waals surface area contributed by atoms with Crippen LogP contribution in [0.4, 0.5) is 0 Å². The number of hydrogen-bond acceptors (Lipinski definition) is 2. The first-order valence-corrected chi connectivity index (χ1v) is 4.84. The molecule has 0 unspecified atom stereocenters. The molecule has 0 spiro atoms. The molecule has 1 heterocycles. The molecule has 0 bridgehead atoms. The van der Waals surface area contributed by atoms with Crippen molar-refractivity contribution in [1.82, 2.24) is 5.32 Å². The van der Waals surface area contributed by atoms with Gasteiger partial charge in [-0.1, -0.05) is 18.2 Å². The fourth-order valence-corrected chi connectivity index (χ4v) is 1.95. The summed E-state index contributed by atoms with van der Waals surface area (Å²) in [5, 5.41) is 12.3. The first-order valence-electron chi connectivity index (χ1n) is 4.84. The highest BCUT2D eigenvalue weighted by atomic mass is 16.4. The third-order valence-electron chi connectivity index (χ3n) is 2.63. The van der Waals surface area contributed by atoms with Crippen molar-refractivity contribution in [2.24, 2.45) is 0 Å². The maximum atomic E-state index is 11.0. The van der Waals surface area contributed by atoms with E-state index in [0.717, 1.165) is 24.9 Å². The fraction of sp³-hybridized carbons (Fsp3) is 0.364. The molecule has 3 heteroatoms. The van der Waals surface area contributed by atoms with Crippen molar-refractivity contribution in [1.29, 1.82) is 0 Å². The van der Waals surface area contributed by atoms with Crippen molar-refractivity contribution < 1.29 is 9.90 Å². The molecule has 1 saturated heterocycles. The van der Waals surface area contributed by atoms with E-state index in [9.17, 15) is 4.79 Å². The van der Waals surface area contributed by atoms with E-state index in [-0.39, 0.29) is 6.04 Å². The van der Waals surface area contributed by atoms with Gasteiger partial charge in [0.05, 0.1) is 5.56 Å². The molecular weight excluding hydrogens is 178 g/mol. The highest BCUT2D eigenvalue weighted by molar-refractivity contribution is 5.89. The predicted molar refractivity (Wildman–Crippen MR) is 53.4 cm³/mol. The van der Waals surface area contributed by atoms with Gasteiger partial charge in [0.15, 0.2) is 0 Å². The number of rotatable bonds is 2. The van der Waals surface area contributed by atoms with Crippen molar-refractivity contribution in [2.45, 2.75) is 18.9 Å². The monoisotopic (exact) mass is 191 g/mol. The second kappa shape index (κ2) is 3.80. The molecule has 0 amide bonds. The third kappa shape index (κ3) is 1.63. The fourth-order valence-electron chi connectivity index (χ4n) is 1.95. The van der Waals surface area contributed by atoms with Crippen molar-refractivity contribution in [3.63, 3.8) is 0 Å². The number of aromatic carboxylic acids is 1. The molecule has 1 aromatic rings. The van der Waals surface area contributed by atoms with Crippen LogP contribution in [-0.4, -0.2) is 17.6 Å². The molecule has 0 saturated carbocycles. The Morgan fingerprint density at radius 3 is 2.86 bits per heavy atom. The standard InChI is InChI=1S/C11H13NO2/c13-11(14)9-5-2-1-4-8(9)10-6-3-7-12-10/h1-2,4-5,10,12H,3,6-7H2,(H,13,14)/t10-/m0/s1. The summed E-state index contributed by atoms with van der Waals surface area (Å²) in [6.45, 7) is 0.985. The molecule has 0 aromatic heterocycles. The van der Waals surface area contributed by atoms with Crippen LogP contribution in [-0.2, 0) is 0 Å². The molecule has 1 aliphatic rings. The zero-order valence-corrected chi connectivity index (χ0v) is 7.86. The average molecular weight is 191 g/mol. The van der Waals surface area contributed by atoms with Gasteiger partial charge in [-0.15, -0.1) is 0 Å². The van der Waals surface area contributed by atoms with Gasteiger partial charge in [0, 0.05) is 6.04 Å². The lowest BCUT2D eigenvalue weighted by molar-refractivity contribution is 0.0695. The van der Waals surface area contributed by atoms with Gasteiger partial charge >= 0.3 is 5.97 Å². The summed E-state index contributed by atoms with van der Waals surface area (Å²) in [7, 11) is 0. The summed E-state index contributed by atoms with van der Waals surface area (Å²) >= 11 is 0. The molecule has 0 aliphatic carbocycles. The minimum atomic E-state index is -0.839. The normalized spacial score (nSPS) is 21.0. The minimum Gasteiger partial charge on any atom is -0.478 e. The van der Waals surface area contributed by atoms with E-state index in [1.165, 1.54) is 0 Å². The molecular formula is C11H13NO2. The lowest BCUT2D eigenvalue weighted by Gasteiger charge is -2.12. The van der Waals surface area contributed by atoms with E-state index >= 15 is 0 Å². The molecule has 14 heavy (non-hydrogen) atoms. The Kier molecular flexibility index (Phi) is 2.50. The Hall–Kier alpha value is -1.35. The maximum Gasteiger partial charge on any atom is 0.336 e. The molecule has 3 nitrogen and oxygen atoms in total. The van der Waals surface area contributed by atoms with Crippen molar-refractivity contribution in [2.75, 3.05) is 6.54 Å². The molecule has 74 valence electrons. The number of carboxylic acids is 1. The van der Waals surface area contributed by atoms with Gasteiger partial charge in [-0.2, -0.15) is 0 Å². The lowest BCUT2D eigenvalue weighted by atomic mass is 9.99. The Morgan fingerprint density at radius 1 is 1.43 bits per heavy atom. The molecule has 2 rings (SSSR count). The van der Waals surface area contributed by atoms with Crippen molar-refractivity contribution in [3.05, 3.63) is 35.4 Å². The third-order valence-corrected chi connectivity index (χ3v) is 2.63. The van der Waals surface area contributed by atoms with Crippen LogP contribution in [0.5, 0.6) is 0 Å². The highest BCUT2D eigenvalue weighted by Gasteiger charge is 2.20. The number of nitrogens with one attached hydrogen (secondary N) is 1. The van der Waals surface area contributed by atoms with E-state index in [4.69, 9.17) is 5.11 Å². The van der Waals surface area contributed by atoms with Crippen LogP contribution in [0.2, 0.25) is 0 Å². The Bertz CT molecular complexity index is 343. The van der Waals surface area contributed by atoms with Gasteiger partial charge in [-0.25, -0.2) is 4.79 Å². The quantitative estimate of drug-likeness (QED) is 0.749. The Labute approximate surface area is 82.8 Å². The van der Waals surface area contributed by atoms with Gasteiger partial charge in [0.1, 0.15) is 0 Å². The molecule has 0 radical (unpaired) electrons. The van der Waals surface area contributed by atoms with Gasteiger partial charge < -0.3 is 10.4 Å². The van der Waals surface area contributed by atoms with Gasteiger partial charge in [0.25, 0.3) is 0 Å². The molecule has 1 atom stereocenters.